The summed E-state index contributed by atoms with van der Waals surface area (Å²) in [6, 6.07) is 6.77. The highest BCUT2D eigenvalue weighted by molar-refractivity contribution is 6.74. The monoisotopic (exact) mass is 324 g/mol. The first-order valence-corrected chi connectivity index (χ1v) is 10.5. The Morgan fingerprint density at radius 1 is 1.00 bits per heavy atom. The van der Waals surface area contributed by atoms with Gasteiger partial charge in [0.15, 0.2) is 8.32 Å². The minimum absolute atomic E-state index is 0.169. The van der Waals surface area contributed by atoms with E-state index in [1.165, 1.54) is 0 Å². The van der Waals surface area contributed by atoms with E-state index in [4.69, 9.17) is 19.2 Å². The van der Waals surface area contributed by atoms with Gasteiger partial charge in [-0.05, 0) is 49.6 Å². The third kappa shape index (κ3) is 5.43. The Morgan fingerprint density at radius 3 is 1.91 bits per heavy atom. The molecule has 0 fully saturated rings. The lowest BCUT2D eigenvalue weighted by molar-refractivity contribution is 0.0462. The van der Waals surface area contributed by atoms with Crippen molar-refractivity contribution in [3.8, 4) is 5.75 Å². The molecular formula is C16H29BO4Si. The Balaban J connectivity index is 2.67. The normalized spacial score (nSPS) is 13.1. The summed E-state index contributed by atoms with van der Waals surface area (Å²) in [5.74, 6) is 0.688. The zero-order chi connectivity index (χ0) is 17.2. The minimum Gasteiger partial charge on any atom is -0.486 e. The van der Waals surface area contributed by atoms with Crippen LogP contribution >= 0.6 is 0 Å². The molecule has 1 rings (SSSR count). The van der Waals surface area contributed by atoms with E-state index in [9.17, 15) is 0 Å². The molecule has 1 aromatic carbocycles. The number of benzene rings is 1. The van der Waals surface area contributed by atoms with Crippen molar-refractivity contribution in [2.24, 2.45) is 0 Å². The number of rotatable bonds is 6. The molecule has 6 heteroatoms. The lowest BCUT2D eigenvalue weighted by Gasteiger charge is -2.39. The van der Waals surface area contributed by atoms with E-state index in [-0.39, 0.29) is 5.04 Å². The molecule has 0 aliphatic rings. The summed E-state index contributed by atoms with van der Waals surface area (Å²) in [4.78, 5) is 0. The largest absolute Gasteiger partial charge is 0.488 e. The van der Waals surface area contributed by atoms with Crippen LogP contribution in [0, 0.1) is 0 Å². The predicted octanol–water partition coefficient (Wildman–Crippen LogP) is 2.55. The van der Waals surface area contributed by atoms with E-state index in [1.807, 2.05) is 13.8 Å². The van der Waals surface area contributed by atoms with Gasteiger partial charge < -0.3 is 19.2 Å². The highest BCUT2D eigenvalue weighted by Gasteiger charge is 2.38. The van der Waals surface area contributed by atoms with Gasteiger partial charge in [0.1, 0.15) is 11.4 Å². The first-order chi connectivity index (χ1) is 9.84. The molecule has 0 saturated carbocycles. The summed E-state index contributed by atoms with van der Waals surface area (Å²) >= 11 is 0. The van der Waals surface area contributed by atoms with Gasteiger partial charge in [0, 0.05) is 0 Å². The second kappa shape index (κ2) is 6.74. The Labute approximate surface area is 135 Å². The highest BCUT2D eigenvalue weighted by Crippen LogP contribution is 2.37. The molecule has 0 aliphatic heterocycles. The molecule has 22 heavy (non-hydrogen) atoms. The van der Waals surface area contributed by atoms with Gasteiger partial charge in [-0.25, -0.2) is 0 Å². The second-order valence-corrected chi connectivity index (χ2v) is 12.7. The van der Waals surface area contributed by atoms with Gasteiger partial charge in [0.05, 0.1) is 6.61 Å². The Hall–Kier alpha value is -0.818. The SMILES string of the molecule is CC(C)(CO[Si](C)(C)C(C)(C)C)Oc1ccc(B(O)O)cc1. The predicted molar refractivity (Wildman–Crippen MR) is 94.1 cm³/mol. The first kappa shape index (κ1) is 19.2. The van der Waals surface area contributed by atoms with E-state index < -0.39 is 21.0 Å². The van der Waals surface area contributed by atoms with Crippen LogP contribution in [0.4, 0.5) is 0 Å². The van der Waals surface area contributed by atoms with Crippen LogP contribution in [0.3, 0.4) is 0 Å². The lowest BCUT2D eigenvalue weighted by Crippen LogP contribution is -2.46. The van der Waals surface area contributed by atoms with Gasteiger partial charge in [-0.2, -0.15) is 0 Å². The van der Waals surface area contributed by atoms with E-state index >= 15 is 0 Å². The molecule has 0 bridgehead atoms. The fourth-order valence-electron chi connectivity index (χ4n) is 1.63. The summed E-state index contributed by atoms with van der Waals surface area (Å²) in [6.45, 7) is 15.6. The molecule has 2 N–H and O–H groups in total. The molecule has 1 aromatic rings. The van der Waals surface area contributed by atoms with Crippen molar-refractivity contribution in [2.75, 3.05) is 6.61 Å². The number of hydrogen-bond acceptors (Lipinski definition) is 4. The quantitative estimate of drug-likeness (QED) is 0.790. The fraction of sp³-hybridized carbons (Fsp3) is 0.625. The molecule has 0 aliphatic carbocycles. The van der Waals surface area contributed by atoms with Crippen molar-refractivity contribution in [3.63, 3.8) is 0 Å². The number of ether oxygens (including phenoxy) is 1. The molecule has 0 aromatic heterocycles. The standard InChI is InChI=1S/C16H29BO4Si/c1-15(2,3)22(6,7)20-12-16(4,5)21-14-10-8-13(9-11-14)17(18)19/h8-11,18-19H,12H2,1-7H3. The maximum Gasteiger partial charge on any atom is 0.488 e. The van der Waals surface area contributed by atoms with Crippen LogP contribution in [0.5, 0.6) is 5.75 Å². The van der Waals surface area contributed by atoms with Gasteiger partial charge in [0.2, 0.25) is 0 Å². The van der Waals surface area contributed by atoms with Gasteiger partial charge in [-0.15, -0.1) is 0 Å². The molecule has 0 atom stereocenters. The third-order valence-corrected chi connectivity index (χ3v) is 8.64. The van der Waals surface area contributed by atoms with Crippen LogP contribution in [-0.2, 0) is 4.43 Å². The van der Waals surface area contributed by atoms with Gasteiger partial charge >= 0.3 is 7.12 Å². The molecule has 4 nitrogen and oxygen atoms in total. The summed E-state index contributed by atoms with van der Waals surface area (Å²) in [5.41, 5.74) is -0.00261. The van der Waals surface area contributed by atoms with Gasteiger partial charge in [0.25, 0.3) is 0 Å². The molecular weight excluding hydrogens is 295 g/mol. The average molecular weight is 324 g/mol. The molecule has 124 valence electrons. The van der Waals surface area contributed by atoms with E-state index in [2.05, 4.69) is 33.9 Å². The van der Waals surface area contributed by atoms with Crippen LogP contribution in [0.25, 0.3) is 0 Å². The molecule has 0 heterocycles. The van der Waals surface area contributed by atoms with Crippen molar-refractivity contribution in [1.82, 2.24) is 0 Å². The molecule has 0 unspecified atom stereocenters. The van der Waals surface area contributed by atoms with Crippen molar-refractivity contribution >= 4 is 20.9 Å². The minimum atomic E-state index is -1.80. The zero-order valence-electron chi connectivity index (χ0n) is 14.8. The van der Waals surface area contributed by atoms with Crippen molar-refractivity contribution in [3.05, 3.63) is 24.3 Å². The smallest absolute Gasteiger partial charge is 0.486 e. The maximum absolute atomic E-state index is 9.10. The zero-order valence-corrected chi connectivity index (χ0v) is 15.8. The van der Waals surface area contributed by atoms with Crippen LogP contribution < -0.4 is 10.2 Å². The van der Waals surface area contributed by atoms with Gasteiger partial charge in [-0.3, -0.25) is 0 Å². The Bertz CT molecular complexity index is 478. The van der Waals surface area contributed by atoms with Crippen LogP contribution in [0.15, 0.2) is 24.3 Å². The van der Waals surface area contributed by atoms with E-state index in [0.717, 1.165) is 0 Å². The topological polar surface area (TPSA) is 58.9 Å². The molecule has 0 saturated heterocycles. The van der Waals surface area contributed by atoms with Crippen molar-refractivity contribution < 1.29 is 19.2 Å². The summed E-state index contributed by atoms with van der Waals surface area (Å²) in [6.07, 6.45) is 0. The van der Waals surface area contributed by atoms with Crippen LogP contribution in [0.2, 0.25) is 18.1 Å². The van der Waals surface area contributed by atoms with Crippen LogP contribution in [-0.4, -0.2) is 37.7 Å². The second-order valence-electron chi connectivity index (χ2n) is 7.85. The first-order valence-electron chi connectivity index (χ1n) is 7.63. The summed E-state index contributed by atoms with van der Waals surface area (Å²) in [5, 5.41) is 18.4. The van der Waals surface area contributed by atoms with Gasteiger partial charge in [-0.1, -0.05) is 32.9 Å². The molecule has 0 spiro atoms. The third-order valence-electron chi connectivity index (χ3n) is 4.16. The van der Waals surface area contributed by atoms with Crippen molar-refractivity contribution in [1.29, 1.82) is 0 Å². The van der Waals surface area contributed by atoms with E-state index in [0.29, 0.717) is 17.8 Å². The highest BCUT2D eigenvalue weighted by atomic mass is 28.4. The fourth-order valence-corrected chi connectivity index (χ4v) is 2.77. The Kier molecular flexibility index (Phi) is 5.89. The molecule has 0 radical (unpaired) electrons. The van der Waals surface area contributed by atoms with E-state index in [1.54, 1.807) is 24.3 Å². The Morgan fingerprint density at radius 2 is 1.50 bits per heavy atom. The number of hydrogen-bond donors (Lipinski definition) is 2. The summed E-state index contributed by atoms with van der Waals surface area (Å²) in [7, 11) is -3.26. The average Bonchev–Trinajstić information content (AvgIpc) is 2.35. The van der Waals surface area contributed by atoms with Crippen LogP contribution in [0.1, 0.15) is 34.6 Å². The molecule has 0 amide bonds. The lowest BCUT2D eigenvalue weighted by atomic mass is 9.80. The maximum atomic E-state index is 9.10. The summed E-state index contributed by atoms with van der Waals surface area (Å²) < 4.78 is 12.2. The van der Waals surface area contributed by atoms with Crippen molar-refractivity contribution in [2.45, 2.75) is 58.4 Å².